The molecule has 1 aromatic carbocycles. The number of nitrogens with one attached hydrogen (secondary N) is 1. The fourth-order valence-electron chi connectivity index (χ4n) is 2.62. The van der Waals surface area contributed by atoms with Crippen molar-refractivity contribution in [3.8, 4) is 0 Å². The molecule has 21 heavy (non-hydrogen) atoms. The molecule has 0 amide bonds. The second-order valence-electron chi connectivity index (χ2n) is 5.43. The summed E-state index contributed by atoms with van der Waals surface area (Å²) in [5.41, 5.74) is 3.69. The minimum absolute atomic E-state index is 0.397. The van der Waals surface area contributed by atoms with E-state index in [1.807, 2.05) is 18.7 Å². The fraction of sp³-hybridized carbons (Fsp3) is 0.471. The van der Waals surface area contributed by atoms with E-state index in [4.69, 9.17) is 0 Å². The van der Waals surface area contributed by atoms with Crippen molar-refractivity contribution in [2.45, 2.75) is 39.2 Å². The average molecular weight is 350 g/mol. The maximum absolute atomic E-state index is 4.47. The molecular formula is C17H24BrN3. The van der Waals surface area contributed by atoms with E-state index in [2.05, 4.69) is 63.6 Å². The number of hydrogen-bond donors (Lipinski definition) is 1. The molecule has 0 saturated carbocycles. The Bertz CT molecular complexity index is 563. The van der Waals surface area contributed by atoms with Gasteiger partial charge in [-0.1, -0.05) is 37.3 Å². The van der Waals surface area contributed by atoms with E-state index in [9.17, 15) is 0 Å². The van der Waals surface area contributed by atoms with Crippen LogP contribution in [-0.4, -0.2) is 16.3 Å². The molecule has 0 saturated heterocycles. The molecule has 0 aliphatic heterocycles. The Morgan fingerprint density at radius 2 is 2.00 bits per heavy atom. The first-order valence-electron chi connectivity index (χ1n) is 7.59. The lowest BCUT2D eigenvalue weighted by atomic mass is 10.0. The Hall–Kier alpha value is -1.13. The van der Waals surface area contributed by atoms with E-state index in [-0.39, 0.29) is 0 Å². The summed E-state index contributed by atoms with van der Waals surface area (Å²) in [5, 5.41) is 8.13. The van der Waals surface area contributed by atoms with Gasteiger partial charge >= 0.3 is 0 Å². The minimum Gasteiger partial charge on any atom is -0.310 e. The molecule has 1 unspecified atom stereocenters. The maximum atomic E-state index is 4.47. The molecule has 0 spiro atoms. The summed E-state index contributed by atoms with van der Waals surface area (Å²) >= 11 is 3.66. The molecule has 2 aromatic rings. The van der Waals surface area contributed by atoms with Crippen molar-refractivity contribution in [1.82, 2.24) is 15.1 Å². The Morgan fingerprint density at radius 1 is 1.29 bits per heavy atom. The Morgan fingerprint density at radius 3 is 2.57 bits per heavy atom. The highest BCUT2D eigenvalue weighted by Gasteiger charge is 2.15. The van der Waals surface area contributed by atoms with E-state index in [0.717, 1.165) is 36.0 Å². The third kappa shape index (κ3) is 4.17. The highest BCUT2D eigenvalue weighted by molar-refractivity contribution is 9.10. The smallest absolute Gasteiger partial charge is 0.0738 e. The third-order valence-electron chi connectivity index (χ3n) is 3.77. The van der Waals surface area contributed by atoms with Gasteiger partial charge in [0.2, 0.25) is 0 Å². The molecule has 1 aromatic heterocycles. The zero-order chi connectivity index (χ0) is 15.2. The molecule has 0 radical (unpaired) electrons. The number of benzene rings is 1. The quantitative estimate of drug-likeness (QED) is 0.812. The standard InChI is InChI=1S/C17H24BrN3/c1-4-12-19-15(14-8-6-5-7-9-14)10-11-16-17(18)13(2)20-21(16)3/h5-9,15,19H,4,10-12H2,1-3H3. The molecule has 1 heterocycles. The van der Waals surface area contributed by atoms with Crippen LogP contribution < -0.4 is 5.32 Å². The van der Waals surface area contributed by atoms with Crippen LogP contribution in [0.25, 0.3) is 0 Å². The van der Waals surface area contributed by atoms with E-state index in [1.54, 1.807) is 0 Å². The summed E-state index contributed by atoms with van der Waals surface area (Å²) in [7, 11) is 2.02. The Kier molecular flexibility index (Phi) is 6.00. The van der Waals surface area contributed by atoms with Crippen molar-refractivity contribution < 1.29 is 0 Å². The van der Waals surface area contributed by atoms with E-state index in [1.165, 1.54) is 11.3 Å². The number of hydrogen-bond acceptors (Lipinski definition) is 2. The van der Waals surface area contributed by atoms with Gasteiger partial charge in [-0.05, 0) is 54.2 Å². The lowest BCUT2D eigenvalue weighted by molar-refractivity contribution is 0.491. The number of nitrogens with zero attached hydrogens (tertiary/aromatic N) is 2. The second-order valence-corrected chi connectivity index (χ2v) is 6.22. The molecule has 2 rings (SSSR count). The van der Waals surface area contributed by atoms with Gasteiger partial charge in [0.1, 0.15) is 0 Å². The van der Waals surface area contributed by atoms with Gasteiger partial charge in [-0.25, -0.2) is 0 Å². The third-order valence-corrected chi connectivity index (χ3v) is 4.81. The first-order chi connectivity index (χ1) is 10.1. The SMILES string of the molecule is CCCNC(CCc1c(Br)c(C)nn1C)c1ccccc1. The Labute approximate surface area is 135 Å². The predicted molar refractivity (Wildman–Crippen MR) is 91.4 cm³/mol. The predicted octanol–water partition coefficient (Wildman–Crippen LogP) is 4.16. The number of rotatable bonds is 7. The number of aromatic nitrogens is 2. The van der Waals surface area contributed by atoms with Gasteiger partial charge in [0.25, 0.3) is 0 Å². The van der Waals surface area contributed by atoms with Crippen LogP contribution in [0.1, 0.15) is 42.8 Å². The first-order valence-corrected chi connectivity index (χ1v) is 8.39. The van der Waals surface area contributed by atoms with Crippen LogP contribution in [0, 0.1) is 6.92 Å². The van der Waals surface area contributed by atoms with Gasteiger partial charge in [0, 0.05) is 13.1 Å². The van der Waals surface area contributed by atoms with Crippen LogP contribution in [0.5, 0.6) is 0 Å². The van der Waals surface area contributed by atoms with Gasteiger partial charge in [-0.2, -0.15) is 5.10 Å². The van der Waals surface area contributed by atoms with Gasteiger partial charge in [0.05, 0.1) is 15.9 Å². The van der Waals surface area contributed by atoms with Gasteiger partial charge < -0.3 is 5.32 Å². The second kappa shape index (κ2) is 7.76. The summed E-state index contributed by atoms with van der Waals surface area (Å²) in [6.45, 7) is 5.29. The topological polar surface area (TPSA) is 29.9 Å². The highest BCUT2D eigenvalue weighted by atomic mass is 79.9. The summed E-state index contributed by atoms with van der Waals surface area (Å²) in [5.74, 6) is 0. The minimum atomic E-state index is 0.397. The summed E-state index contributed by atoms with van der Waals surface area (Å²) < 4.78 is 3.13. The molecule has 0 fully saturated rings. The zero-order valence-electron chi connectivity index (χ0n) is 13.1. The van der Waals surface area contributed by atoms with Gasteiger partial charge in [-0.15, -0.1) is 0 Å². The van der Waals surface area contributed by atoms with Gasteiger partial charge in [-0.3, -0.25) is 4.68 Å². The van der Waals surface area contributed by atoms with Crippen LogP contribution in [0.3, 0.4) is 0 Å². The van der Waals surface area contributed by atoms with Crippen molar-refractivity contribution in [3.63, 3.8) is 0 Å². The summed E-state index contributed by atoms with van der Waals surface area (Å²) in [4.78, 5) is 0. The highest BCUT2D eigenvalue weighted by Crippen LogP contribution is 2.25. The van der Waals surface area contributed by atoms with Crippen LogP contribution in [0.15, 0.2) is 34.8 Å². The molecule has 3 nitrogen and oxygen atoms in total. The number of aryl methyl sites for hydroxylation is 2. The van der Waals surface area contributed by atoms with Crippen molar-refractivity contribution in [2.24, 2.45) is 7.05 Å². The summed E-state index contributed by atoms with van der Waals surface area (Å²) in [6.07, 6.45) is 3.23. The normalized spacial score (nSPS) is 12.6. The van der Waals surface area contributed by atoms with Crippen molar-refractivity contribution in [2.75, 3.05) is 6.54 Å². The molecule has 4 heteroatoms. The zero-order valence-corrected chi connectivity index (χ0v) is 14.7. The molecule has 114 valence electrons. The van der Waals surface area contributed by atoms with Crippen LogP contribution in [0.4, 0.5) is 0 Å². The molecule has 1 N–H and O–H groups in total. The van der Waals surface area contributed by atoms with Crippen molar-refractivity contribution >= 4 is 15.9 Å². The fourth-order valence-corrected chi connectivity index (χ4v) is 3.16. The van der Waals surface area contributed by atoms with Gasteiger partial charge in [0.15, 0.2) is 0 Å². The van der Waals surface area contributed by atoms with E-state index >= 15 is 0 Å². The maximum Gasteiger partial charge on any atom is 0.0738 e. The Balaban J connectivity index is 2.09. The van der Waals surface area contributed by atoms with E-state index in [0.29, 0.717) is 6.04 Å². The van der Waals surface area contributed by atoms with Crippen LogP contribution in [0.2, 0.25) is 0 Å². The lowest BCUT2D eigenvalue weighted by Crippen LogP contribution is -2.23. The summed E-state index contributed by atoms with van der Waals surface area (Å²) in [6, 6.07) is 11.1. The monoisotopic (exact) mass is 349 g/mol. The van der Waals surface area contributed by atoms with Crippen molar-refractivity contribution in [1.29, 1.82) is 0 Å². The first kappa shape index (κ1) is 16.2. The number of halogens is 1. The molecule has 1 atom stereocenters. The van der Waals surface area contributed by atoms with Crippen molar-refractivity contribution in [3.05, 3.63) is 51.8 Å². The average Bonchev–Trinajstić information content (AvgIpc) is 2.74. The molecule has 0 aliphatic carbocycles. The van der Waals surface area contributed by atoms with Crippen LogP contribution in [-0.2, 0) is 13.5 Å². The van der Waals surface area contributed by atoms with E-state index < -0.39 is 0 Å². The lowest BCUT2D eigenvalue weighted by Gasteiger charge is -2.19. The largest absolute Gasteiger partial charge is 0.310 e. The molecule has 0 aliphatic rings. The molecular weight excluding hydrogens is 326 g/mol. The molecule has 0 bridgehead atoms. The van der Waals surface area contributed by atoms with Crippen LogP contribution >= 0.6 is 15.9 Å².